The lowest BCUT2D eigenvalue weighted by Gasteiger charge is -2.28. The Hall–Kier alpha value is -0.0800. The van der Waals surface area contributed by atoms with Crippen LogP contribution in [0, 0.1) is 5.92 Å². The standard InChI is InChI=1S/C12H26N2/c1-4-12(7-5-8-14-12)10-13-9-6-11(2)3/h11,13-14H,4-10H2,1-3H3. The van der Waals surface area contributed by atoms with Gasteiger partial charge in [0.25, 0.3) is 0 Å². The fraction of sp³-hybridized carbons (Fsp3) is 1.00. The van der Waals surface area contributed by atoms with Crippen molar-refractivity contribution in [2.75, 3.05) is 19.6 Å². The largest absolute Gasteiger partial charge is 0.315 e. The molecule has 1 unspecified atom stereocenters. The third kappa shape index (κ3) is 3.58. The zero-order chi connectivity index (χ0) is 10.4. The van der Waals surface area contributed by atoms with E-state index in [0.717, 1.165) is 12.5 Å². The zero-order valence-electron chi connectivity index (χ0n) is 10.0. The van der Waals surface area contributed by atoms with E-state index in [1.807, 2.05) is 0 Å². The predicted octanol–water partition coefficient (Wildman–Crippen LogP) is 2.15. The van der Waals surface area contributed by atoms with Crippen LogP contribution in [0.15, 0.2) is 0 Å². The van der Waals surface area contributed by atoms with E-state index < -0.39 is 0 Å². The van der Waals surface area contributed by atoms with Gasteiger partial charge in [-0.1, -0.05) is 20.8 Å². The molecular formula is C12H26N2. The number of nitrogens with one attached hydrogen (secondary N) is 2. The first-order chi connectivity index (χ1) is 6.68. The molecular weight excluding hydrogens is 172 g/mol. The highest BCUT2D eigenvalue weighted by atomic mass is 15.1. The van der Waals surface area contributed by atoms with Crippen molar-refractivity contribution < 1.29 is 0 Å². The van der Waals surface area contributed by atoms with E-state index in [1.165, 1.54) is 38.8 Å². The first-order valence-corrected chi connectivity index (χ1v) is 6.14. The lowest BCUT2D eigenvalue weighted by Crippen LogP contribution is -2.48. The van der Waals surface area contributed by atoms with Crippen LogP contribution in [-0.4, -0.2) is 25.2 Å². The van der Waals surface area contributed by atoms with Crippen molar-refractivity contribution in [1.29, 1.82) is 0 Å². The number of hydrogen-bond acceptors (Lipinski definition) is 2. The van der Waals surface area contributed by atoms with E-state index in [4.69, 9.17) is 0 Å². The van der Waals surface area contributed by atoms with Gasteiger partial charge in [0.05, 0.1) is 0 Å². The Morgan fingerprint density at radius 3 is 2.71 bits per heavy atom. The van der Waals surface area contributed by atoms with Gasteiger partial charge in [0.1, 0.15) is 0 Å². The zero-order valence-corrected chi connectivity index (χ0v) is 10.0. The summed E-state index contributed by atoms with van der Waals surface area (Å²) < 4.78 is 0. The molecule has 2 N–H and O–H groups in total. The average molecular weight is 198 g/mol. The fourth-order valence-corrected chi connectivity index (χ4v) is 2.16. The molecule has 1 atom stereocenters. The summed E-state index contributed by atoms with van der Waals surface area (Å²) in [6.45, 7) is 10.4. The third-order valence-electron chi connectivity index (χ3n) is 3.37. The van der Waals surface area contributed by atoms with Crippen molar-refractivity contribution in [3.8, 4) is 0 Å². The quantitative estimate of drug-likeness (QED) is 0.639. The maximum absolute atomic E-state index is 3.65. The second-order valence-corrected chi connectivity index (χ2v) is 5.02. The van der Waals surface area contributed by atoms with Crippen LogP contribution in [0.2, 0.25) is 0 Å². The normalized spacial score (nSPS) is 27.4. The van der Waals surface area contributed by atoms with Crippen molar-refractivity contribution >= 4 is 0 Å². The molecule has 0 amide bonds. The lowest BCUT2D eigenvalue weighted by atomic mass is 9.94. The molecule has 0 aliphatic carbocycles. The highest BCUT2D eigenvalue weighted by molar-refractivity contribution is 4.93. The molecule has 1 heterocycles. The summed E-state index contributed by atoms with van der Waals surface area (Å²) in [4.78, 5) is 0. The van der Waals surface area contributed by atoms with Crippen LogP contribution in [-0.2, 0) is 0 Å². The van der Waals surface area contributed by atoms with E-state index in [9.17, 15) is 0 Å². The van der Waals surface area contributed by atoms with Gasteiger partial charge in [0.15, 0.2) is 0 Å². The van der Waals surface area contributed by atoms with E-state index in [0.29, 0.717) is 5.54 Å². The molecule has 1 rings (SSSR count). The van der Waals surface area contributed by atoms with E-state index >= 15 is 0 Å². The van der Waals surface area contributed by atoms with Crippen LogP contribution in [0.4, 0.5) is 0 Å². The molecule has 1 saturated heterocycles. The second kappa shape index (κ2) is 5.72. The van der Waals surface area contributed by atoms with Gasteiger partial charge in [0, 0.05) is 12.1 Å². The summed E-state index contributed by atoms with van der Waals surface area (Å²) in [5.41, 5.74) is 0.414. The Bertz CT molecular complexity index is 148. The first-order valence-electron chi connectivity index (χ1n) is 6.14. The Balaban J connectivity index is 2.15. The second-order valence-electron chi connectivity index (χ2n) is 5.02. The molecule has 2 nitrogen and oxygen atoms in total. The Labute approximate surface area is 88.8 Å². The minimum Gasteiger partial charge on any atom is -0.315 e. The molecule has 1 aliphatic heterocycles. The molecule has 0 bridgehead atoms. The summed E-state index contributed by atoms with van der Waals surface area (Å²) in [5, 5.41) is 7.23. The van der Waals surface area contributed by atoms with E-state index in [-0.39, 0.29) is 0 Å². The molecule has 14 heavy (non-hydrogen) atoms. The molecule has 1 aliphatic rings. The van der Waals surface area contributed by atoms with Crippen molar-refractivity contribution in [3.05, 3.63) is 0 Å². The van der Waals surface area contributed by atoms with Gasteiger partial charge in [-0.15, -0.1) is 0 Å². The molecule has 1 fully saturated rings. The number of hydrogen-bond donors (Lipinski definition) is 2. The summed E-state index contributed by atoms with van der Waals surface area (Å²) in [6.07, 6.45) is 5.24. The third-order valence-corrected chi connectivity index (χ3v) is 3.37. The Morgan fingerprint density at radius 2 is 2.21 bits per heavy atom. The number of rotatable bonds is 6. The van der Waals surface area contributed by atoms with E-state index in [1.54, 1.807) is 0 Å². The predicted molar refractivity (Wildman–Crippen MR) is 62.6 cm³/mol. The molecule has 2 heteroatoms. The average Bonchev–Trinajstić information content (AvgIpc) is 2.62. The van der Waals surface area contributed by atoms with Gasteiger partial charge in [-0.05, 0) is 44.7 Å². The molecule has 0 aromatic heterocycles. The molecule has 0 saturated carbocycles. The summed E-state index contributed by atoms with van der Waals surface area (Å²) in [7, 11) is 0. The Morgan fingerprint density at radius 1 is 1.43 bits per heavy atom. The van der Waals surface area contributed by atoms with Crippen molar-refractivity contribution in [3.63, 3.8) is 0 Å². The van der Waals surface area contributed by atoms with Gasteiger partial charge in [-0.3, -0.25) is 0 Å². The lowest BCUT2D eigenvalue weighted by molar-refractivity contribution is 0.336. The minimum atomic E-state index is 0.414. The molecule has 84 valence electrons. The molecule has 0 spiro atoms. The maximum Gasteiger partial charge on any atom is 0.0304 e. The van der Waals surface area contributed by atoms with Crippen LogP contribution < -0.4 is 10.6 Å². The van der Waals surface area contributed by atoms with Crippen LogP contribution in [0.25, 0.3) is 0 Å². The van der Waals surface area contributed by atoms with Crippen LogP contribution >= 0.6 is 0 Å². The van der Waals surface area contributed by atoms with Crippen LogP contribution in [0.1, 0.15) is 46.5 Å². The van der Waals surface area contributed by atoms with Gasteiger partial charge in [-0.25, -0.2) is 0 Å². The van der Waals surface area contributed by atoms with Crippen molar-refractivity contribution in [2.45, 2.75) is 52.0 Å². The summed E-state index contributed by atoms with van der Waals surface area (Å²) in [6, 6.07) is 0. The molecule has 0 aromatic rings. The smallest absolute Gasteiger partial charge is 0.0304 e. The van der Waals surface area contributed by atoms with E-state index in [2.05, 4.69) is 31.4 Å². The van der Waals surface area contributed by atoms with Gasteiger partial charge < -0.3 is 10.6 Å². The summed E-state index contributed by atoms with van der Waals surface area (Å²) in [5.74, 6) is 0.816. The fourth-order valence-electron chi connectivity index (χ4n) is 2.16. The van der Waals surface area contributed by atoms with Crippen LogP contribution in [0.3, 0.4) is 0 Å². The highest BCUT2D eigenvalue weighted by Gasteiger charge is 2.30. The van der Waals surface area contributed by atoms with Gasteiger partial charge in [0.2, 0.25) is 0 Å². The molecule has 0 radical (unpaired) electrons. The highest BCUT2D eigenvalue weighted by Crippen LogP contribution is 2.21. The monoisotopic (exact) mass is 198 g/mol. The molecule has 0 aromatic carbocycles. The Kier molecular flexibility index (Phi) is 4.90. The SMILES string of the molecule is CCC1(CNCCC(C)C)CCCN1. The van der Waals surface area contributed by atoms with Crippen molar-refractivity contribution in [1.82, 2.24) is 10.6 Å². The summed E-state index contributed by atoms with van der Waals surface area (Å²) >= 11 is 0. The first kappa shape index (κ1) is 12.0. The maximum atomic E-state index is 3.65. The minimum absolute atomic E-state index is 0.414. The van der Waals surface area contributed by atoms with Gasteiger partial charge in [-0.2, -0.15) is 0 Å². The van der Waals surface area contributed by atoms with Crippen molar-refractivity contribution in [2.24, 2.45) is 5.92 Å². The topological polar surface area (TPSA) is 24.1 Å². The van der Waals surface area contributed by atoms with Gasteiger partial charge >= 0.3 is 0 Å². The van der Waals surface area contributed by atoms with Crippen LogP contribution in [0.5, 0.6) is 0 Å².